The van der Waals surface area contributed by atoms with E-state index < -0.39 is 5.97 Å². The van der Waals surface area contributed by atoms with E-state index in [1.165, 1.54) is 17.8 Å². The first kappa shape index (κ1) is 10.8. The van der Waals surface area contributed by atoms with Crippen molar-refractivity contribution in [2.75, 3.05) is 12.0 Å². The maximum absolute atomic E-state index is 11.7. The predicted octanol–water partition coefficient (Wildman–Crippen LogP) is 2.34. The fourth-order valence-corrected chi connectivity index (χ4v) is 1.68. The number of rotatable bonds is 2. The van der Waals surface area contributed by atoms with Crippen LogP contribution in [0.5, 0.6) is 0 Å². The van der Waals surface area contributed by atoms with Gasteiger partial charge in [-0.3, -0.25) is 0 Å². The third-order valence-electron chi connectivity index (χ3n) is 1.88. The molecule has 0 saturated heterocycles. The standard InChI is InChI=1S/C9H10FNO2S/c1-5-3-6(9(12)13-10)8(14-2)4-7(5)11/h3-4H,11H2,1-2H3. The van der Waals surface area contributed by atoms with Gasteiger partial charge in [-0.2, -0.15) is 0 Å². The van der Waals surface area contributed by atoms with Gasteiger partial charge in [-0.15, -0.1) is 11.8 Å². The maximum atomic E-state index is 11.7. The Morgan fingerprint density at radius 2 is 2.21 bits per heavy atom. The zero-order valence-corrected chi connectivity index (χ0v) is 8.65. The molecule has 0 heterocycles. The second-order valence-electron chi connectivity index (χ2n) is 2.77. The smallest absolute Gasteiger partial charge is 0.380 e. The van der Waals surface area contributed by atoms with Gasteiger partial charge in [-0.05, 0) is 30.9 Å². The molecule has 0 aliphatic rings. The molecule has 0 unspecified atom stereocenters. The molecule has 1 aromatic carbocycles. The van der Waals surface area contributed by atoms with E-state index in [0.717, 1.165) is 5.56 Å². The van der Waals surface area contributed by atoms with Gasteiger partial charge >= 0.3 is 5.97 Å². The molecule has 1 rings (SSSR count). The van der Waals surface area contributed by atoms with Crippen LogP contribution in [0.25, 0.3) is 0 Å². The highest BCUT2D eigenvalue weighted by Crippen LogP contribution is 2.26. The molecule has 0 aromatic heterocycles. The summed E-state index contributed by atoms with van der Waals surface area (Å²) in [5.41, 5.74) is 7.15. The Morgan fingerprint density at radius 3 is 2.71 bits per heavy atom. The summed E-state index contributed by atoms with van der Waals surface area (Å²) in [6.45, 7) is 1.74. The van der Waals surface area contributed by atoms with E-state index in [2.05, 4.69) is 4.94 Å². The molecular weight excluding hydrogens is 205 g/mol. The van der Waals surface area contributed by atoms with Gasteiger partial charge < -0.3 is 5.73 Å². The van der Waals surface area contributed by atoms with Gasteiger partial charge in [0.15, 0.2) is 0 Å². The first-order chi connectivity index (χ1) is 6.60. The van der Waals surface area contributed by atoms with E-state index in [1.807, 2.05) is 0 Å². The Balaban J connectivity index is 3.27. The monoisotopic (exact) mass is 215 g/mol. The third kappa shape index (κ3) is 1.98. The molecule has 14 heavy (non-hydrogen) atoms. The second kappa shape index (κ2) is 4.32. The number of hydrogen-bond donors (Lipinski definition) is 1. The van der Waals surface area contributed by atoms with Crippen molar-refractivity contribution in [3.05, 3.63) is 23.3 Å². The molecule has 76 valence electrons. The lowest BCUT2D eigenvalue weighted by Gasteiger charge is -2.07. The molecule has 0 saturated carbocycles. The summed E-state index contributed by atoms with van der Waals surface area (Å²) in [5.74, 6) is -0.988. The number of hydrogen-bond acceptors (Lipinski definition) is 4. The Kier molecular flexibility index (Phi) is 3.35. The van der Waals surface area contributed by atoms with E-state index >= 15 is 0 Å². The highest BCUT2D eigenvalue weighted by Gasteiger charge is 2.14. The van der Waals surface area contributed by atoms with Crippen LogP contribution in [0.4, 0.5) is 10.2 Å². The molecule has 3 nitrogen and oxygen atoms in total. The van der Waals surface area contributed by atoms with Crippen molar-refractivity contribution in [2.24, 2.45) is 0 Å². The van der Waals surface area contributed by atoms with Crippen LogP contribution in [0, 0.1) is 6.92 Å². The van der Waals surface area contributed by atoms with Crippen molar-refractivity contribution in [3.63, 3.8) is 0 Å². The molecule has 0 fully saturated rings. The maximum Gasteiger partial charge on any atom is 0.380 e. The molecule has 0 amide bonds. The summed E-state index contributed by atoms with van der Waals surface area (Å²) >= 11 is 1.31. The van der Waals surface area contributed by atoms with Gasteiger partial charge in [0, 0.05) is 15.1 Å². The molecule has 0 atom stereocenters. The van der Waals surface area contributed by atoms with Crippen LogP contribution in [0.1, 0.15) is 15.9 Å². The average molecular weight is 215 g/mol. The lowest BCUT2D eigenvalue weighted by Crippen LogP contribution is -2.03. The lowest BCUT2D eigenvalue weighted by atomic mass is 10.1. The quantitative estimate of drug-likeness (QED) is 0.607. The zero-order valence-electron chi connectivity index (χ0n) is 7.83. The summed E-state index contributed by atoms with van der Waals surface area (Å²) in [6.07, 6.45) is 1.78. The van der Waals surface area contributed by atoms with Gasteiger partial charge in [-0.1, -0.05) is 0 Å². The van der Waals surface area contributed by atoms with Crippen LogP contribution >= 0.6 is 11.8 Å². The van der Waals surface area contributed by atoms with Crippen molar-refractivity contribution in [3.8, 4) is 0 Å². The molecule has 0 radical (unpaired) electrons. The molecule has 2 N–H and O–H groups in total. The zero-order chi connectivity index (χ0) is 10.7. The van der Waals surface area contributed by atoms with Crippen LogP contribution in [0.15, 0.2) is 17.0 Å². The molecule has 0 aliphatic heterocycles. The average Bonchev–Trinajstić information content (AvgIpc) is 2.20. The van der Waals surface area contributed by atoms with Crippen molar-refractivity contribution >= 4 is 23.4 Å². The first-order valence-corrected chi connectivity index (χ1v) is 5.09. The van der Waals surface area contributed by atoms with E-state index in [-0.39, 0.29) is 5.56 Å². The molecular formula is C9H10FNO2S. The minimum absolute atomic E-state index is 0.201. The van der Waals surface area contributed by atoms with E-state index in [4.69, 9.17) is 5.73 Å². The lowest BCUT2D eigenvalue weighted by molar-refractivity contribution is -0.0791. The Morgan fingerprint density at radius 1 is 1.57 bits per heavy atom. The van der Waals surface area contributed by atoms with Gasteiger partial charge in [0.2, 0.25) is 0 Å². The number of carbonyl (C=O) groups is 1. The minimum Gasteiger partial charge on any atom is -0.398 e. The first-order valence-electron chi connectivity index (χ1n) is 3.87. The summed E-state index contributed by atoms with van der Waals surface area (Å²) in [4.78, 5) is 14.8. The van der Waals surface area contributed by atoms with Gasteiger partial charge in [0.25, 0.3) is 0 Å². The largest absolute Gasteiger partial charge is 0.398 e. The number of carbonyl (C=O) groups excluding carboxylic acids is 1. The van der Waals surface area contributed by atoms with E-state index in [1.54, 1.807) is 19.2 Å². The number of halogens is 1. The fraction of sp³-hybridized carbons (Fsp3) is 0.222. The van der Waals surface area contributed by atoms with Crippen LogP contribution in [-0.2, 0) is 4.94 Å². The number of anilines is 1. The number of aryl methyl sites for hydroxylation is 1. The second-order valence-corrected chi connectivity index (χ2v) is 3.62. The topological polar surface area (TPSA) is 52.3 Å². The van der Waals surface area contributed by atoms with Crippen molar-refractivity contribution in [1.82, 2.24) is 0 Å². The summed E-state index contributed by atoms with van der Waals surface area (Å²) in [6, 6.07) is 3.15. The number of thioether (sulfide) groups is 1. The van der Waals surface area contributed by atoms with Crippen molar-refractivity contribution in [2.45, 2.75) is 11.8 Å². The van der Waals surface area contributed by atoms with Crippen LogP contribution in [-0.4, -0.2) is 12.2 Å². The Hall–Kier alpha value is -1.23. The van der Waals surface area contributed by atoms with Crippen molar-refractivity contribution in [1.29, 1.82) is 0 Å². The predicted molar refractivity (Wildman–Crippen MR) is 53.9 cm³/mol. The molecule has 1 aromatic rings. The summed E-state index contributed by atoms with van der Waals surface area (Å²) in [7, 11) is 0. The Labute approximate surface area is 85.3 Å². The molecule has 0 aliphatic carbocycles. The molecule has 0 bridgehead atoms. The minimum atomic E-state index is -0.988. The number of benzene rings is 1. The van der Waals surface area contributed by atoms with Crippen LogP contribution < -0.4 is 5.73 Å². The highest BCUT2D eigenvalue weighted by molar-refractivity contribution is 7.98. The van der Waals surface area contributed by atoms with Gasteiger partial charge in [0.1, 0.15) is 0 Å². The van der Waals surface area contributed by atoms with Gasteiger partial charge in [-0.25, -0.2) is 9.74 Å². The Bertz CT molecular complexity index is 368. The molecule has 5 heteroatoms. The van der Waals surface area contributed by atoms with E-state index in [9.17, 15) is 9.32 Å². The normalized spacial score (nSPS) is 9.93. The van der Waals surface area contributed by atoms with Crippen LogP contribution in [0.3, 0.4) is 0 Å². The van der Waals surface area contributed by atoms with Crippen LogP contribution in [0.2, 0.25) is 0 Å². The highest BCUT2D eigenvalue weighted by atomic mass is 32.2. The SMILES string of the molecule is CSc1cc(N)c(C)cc1C(=O)OF. The third-order valence-corrected chi connectivity index (χ3v) is 2.66. The van der Waals surface area contributed by atoms with Crippen molar-refractivity contribution < 1.29 is 14.3 Å². The number of nitrogens with two attached hydrogens (primary N) is 1. The number of nitrogen functional groups attached to an aromatic ring is 1. The summed E-state index contributed by atoms with van der Waals surface area (Å²) in [5, 5.41) is 0. The fourth-order valence-electron chi connectivity index (χ4n) is 1.07. The molecule has 0 spiro atoms. The van der Waals surface area contributed by atoms with Gasteiger partial charge in [0.05, 0.1) is 5.56 Å². The van der Waals surface area contributed by atoms with E-state index in [0.29, 0.717) is 10.6 Å². The summed E-state index contributed by atoms with van der Waals surface area (Å²) < 4.78 is 11.7.